The number of aliphatic imine (C=N–C) groups is 1. The van der Waals surface area contributed by atoms with E-state index in [1.165, 1.54) is 23.5 Å². The van der Waals surface area contributed by atoms with Crippen molar-refractivity contribution < 1.29 is 14.5 Å². The van der Waals surface area contributed by atoms with E-state index in [1.54, 1.807) is 18.2 Å². The van der Waals surface area contributed by atoms with Crippen LogP contribution in [0, 0.1) is 10.1 Å². The average molecular weight is 589 g/mol. The van der Waals surface area contributed by atoms with Crippen LogP contribution in [0.15, 0.2) is 93.7 Å². The molecule has 1 atom stereocenters. The van der Waals surface area contributed by atoms with Gasteiger partial charge in [-0.2, -0.15) is 0 Å². The summed E-state index contributed by atoms with van der Waals surface area (Å²) in [6.07, 6.45) is 0.631. The molecule has 5 rings (SSSR count). The summed E-state index contributed by atoms with van der Waals surface area (Å²) in [5.74, 6) is -0.470. The molecule has 1 aliphatic rings. The Morgan fingerprint density at radius 2 is 1.87 bits per heavy atom. The molecule has 8 nitrogen and oxygen atoms in total. The van der Waals surface area contributed by atoms with Gasteiger partial charge in [0.25, 0.3) is 5.69 Å². The van der Waals surface area contributed by atoms with E-state index >= 15 is 0 Å². The first kappa shape index (κ1) is 25.5. The first-order valence-corrected chi connectivity index (χ1v) is 13.4. The number of thiophene rings is 1. The topological polar surface area (TPSA) is 114 Å². The molecule has 3 aromatic carbocycles. The molecule has 1 aliphatic heterocycles. The number of carbonyl (C=O) groups is 2. The maximum absolute atomic E-state index is 13.2. The Morgan fingerprint density at radius 1 is 1.08 bits per heavy atom. The zero-order chi connectivity index (χ0) is 26.6. The van der Waals surface area contributed by atoms with Gasteiger partial charge in [-0.1, -0.05) is 52.3 Å². The lowest BCUT2D eigenvalue weighted by Gasteiger charge is -2.13. The minimum atomic E-state index is -0.764. The van der Waals surface area contributed by atoms with Crippen LogP contribution in [0.2, 0.25) is 0 Å². The molecule has 1 aromatic heterocycles. The first-order chi connectivity index (χ1) is 18.4. The Kier molecular flexibility index (Phi) is 7.43. The average Bonchev–Trinajstić information content (AvgIpc) is 3.36. The number of rotatable bonds is 7. The van der Waals surface area contributed by atoms with Crippen molar-refractivity contribution in [3.63, 3.8) is 0 Å². The number of non-ortho nitro benzene ring substituents is 1. The second kappa shape index (κ2) is 11.1. The van der Waals surface area contributed by atoms with Crippen molar-refractivity contribution in [2.24, 2.45) is 4.99 Å². The number of benzene rings is 3. The highest BCUT2D eigenvalue weighted by atomic mass is 79.9. The predicted molar refractivity (Wildman–Crippen MR) is 152 cm³/mol. The molecule has 0 saturated carbocycles. The van der Waals surface area contributed by atoms with E-state index in [4.69, 9.17) is 4.99 Å². The number of nitrogens with one attached hydrogen (secondary N) is 2. The van der Waals surface area contributed by atoms with Crippen molar-refractivity contribution in [2.45, 2.75) is 18.9 Å². The fourth-order valence-corrected chi connectivity index (χ4v) is 5.33. The second-order valence-electron chi connectivity index (χ2n) is 8.65. The summed E-state index contributed by atoms with van der Waals surface area (Å²) in [7, 11) is 0. The molecule has 2 N–H and O–H groups in total. The van der Waals surface area contributed by atoms with E-state index in [0.29, 0.717) is 41.1 Å². The van der Waals surface area contributed by atoms with Crippen LogP contribution in [-0.2, 0) is 22.4 Å². The number of nitro benzene ring substituents is 1. The van der Waals surface area contributed by atoms with Crippen LogP contribution in [0.25, 0.3) is 0 Å². The highest BCUT2D eigenvalue weighted by molar-refractivity contribution is 9.10. The van der Waals surface area contributed by atoms with Gasteiger partial charge in [-0.25, -0.2) is 0 Å². The SMILES string of the molecule is O=C(Cc1cccs1)Nc1ccc(C2=NC(Cc3ccccc3Br)C(=O)Nc3cc([N+](=O)[O-])ccc32)cc1. The smallest absolute Gasteiger partial charge is 0.271 e. The number of nitrogens with zero attached hydrogens (tertiary/aromatic N) is 2. The Hall–Kier alpha value is -4.15. The van der Waals surface area contributed by atoms with Crippen molar-refractivity contribution in [2.75, 3.05) is 10.6 Å². The fraction of sp³-hybridized carbons (Fsp3) is 0.107. The van der Waals surface area contributed by atoms with Gasteiger partial charge in [-0.05, 0) is 41.3 Å². The summed E-state index contributed by atoms with van der Waals surface area (Å²) in [5, 5.41) is 19.1. The van der Waals surface area contributed by atoms with Gasteiger partial charge in [0.2, 0.25) is 11.8 Å². The molecule has 2 amide bonds. The Balaban J connectivity index is 1.48. The van der Waals surface area contributed by atoms with Crippen LogP contribution in [0.4, 0.5) is 17.1 Å². The quantitative estimate of drug-likeness (QED) is 0.203. The molecule has 0 aliphatic carbocycles. The van der Waals surface area contributed by atoms with Gasteiger partial charge < -0.3 is 10.6 Å². The Morgan fingerprint density at radius 3 is 2.58 bits per heavy atom. The number of hydrogen-bond donors (Lipinski definition) is 2. The predicted octanol–water partition coefficient (Wildman–Crippen LogP) is 6.00. The maximum atomic E-state index is 13.2. The van der Waals surface area contributed by atoms with Gasteiger partial charge in [0.15, 0.2) is 0 Å². The summed E-state index contributed by atoms with van der Waals surface area (Å²) in [5.41, 5.74) is 3.56. The summed E-state index contributed by atoms with van der Waals surface area (Å²) in [4.78, 5) is 42.3. The van der Waals surface area contributed by atoms with E-state index in [9.17, 15) is 19.7 Å². The number of carbonyl (C=O) groups excluding carboxylic acids is 2. The third-order valence-corrected chi connectivity index (χ3v) is 7.69. The minimum Gasteiger partial charge on any atom is -0.326 e. The Labute approximate surface area is 230 Å². The standard InChI is InChI=1S/C28H21BrN4O4S/c29-23-6-2-1-4-18(23)14-25-28(35)32-24-15-20(33(36)37)11-12-22(24)27(31-25)17-7-9-19(10-8-17)30-26(34)16-21-5-3-13-38-21/h1-13,15,25H,14,16H2,(H,30,34)(H,32,35). The molecule has 4 aromatic rings. The summed E-state index contributed by atoms with van der Waals surface area (Å²) >= 11 is 5.06. The van der Waals surface area contributed by atoms with Crippen molar-refractivity contribution in [3.8, 4) is 0 Å². The van der Waals surface area contributed by atoms with E-state index in [1.807, 2.05) is 53.9 Å². The molecular weight excluding hydrogens is 568 g/mol. The van der Waals surface area contributed by atoms with Gasteiger partial charge in [0, 0.05) is 44.7 Å². The van der Waals surface area contributed by atoms with Crippen molar-refractivity contribution in [3.05, 3.63) is 120 Å². The number of benzodiazepines with no additional fused rings is 1. The zero-order valence-corrected chi connectivity index (χ0v) is 22.3. The molecule has 1 unspecified atom stereocenters. The van der Waals surface area contributed by atoms with Crippen LogP contribution in [0.1, 0.15) is 21.6 Å². The maximum Gasteiger partial charge on any atom is 0.271 e. The number of nitro groups is 1. The minimum absolute atomic E-state index is 0.118. The van der Waals surface area contributed by atoms with Crippen LogP contribution in [0.5, 0.6) is 0 Å². The fourth-order valence-electron chi connectivity index (χ4n) is 4.18. The van der Waals surface area contributed by atoms with Gasteiger partial charge >= 0.3 is 0 Å². The van der Waals surface area contributed by atoms with Gasteiger partial charge in [0.05, 0.1) is 22.7 Å². The lowest BCUT2D eigenvalue weighted by Crippen LogP contribution is -2.27. The third-order valence-electron chi connectivity index (χ3n) is 6.04. The molecule has 0 fully saturated rings. The monoisotopic (exact) mass is 588 g/mol. The van der Waals surface area contributed by atoms with Crippen molar-refractivity contribution in [1.82, 2.24) is 0 Å². The van der Waals surface area contributed by atoms with Gasteiger partial charge in [-0.15, -0.1) is 11.3 Å². The molecule has 190 valence electrons. The molecule has 0 spiro atoms. The summed E-state index contributed by atoms with van der Waals surface area (Å²) < 4.78 is 0.865. The lowest BCUT2D eigenvalue weighted by atomic mass is 9.99. The highest BCUT2D eigenvalue weighted by Gasteiger charge is 2.28. The van der Waals surface area contributed by atoms with E-state index in [0.717, 1.165) is 14.9 Å². The van der Waals surface area contributed by atoms with Gasteiger partial charge in [-0.3, -0.25) is 24.7 Å². The summed E-state index contributed by atoms with van der Waals surface area (Å²) in [6.45, 7) is 0. The summed E-state index contributed by atoms with van der Waals surface area (Å²) in [6, 6.07) is 22.2. The molecule has 0 radical (unpaired) electrons. The molecular formula is C28H21BrN4O4S. The molecule has 2 heterocycles. The highest BCUT2D eigenvalue weighted by Crippen LogP contribution is 2.30. The molecule has 10 heteroatoms. The largest absolute Gasteiger partial charge is 0.326 e. The number of halogens is 1. The zero-order valence-electron chi connectivity index (χ0n) is 19.9. The Bertz CT molecular complexity index is 1550. The number of hydrogen-bond acceptors (Lipinski definition) is 6. The van der Waals surface area contributed by atoms with Crippen LogP contribution >= 0.6 is 27.3 Å². The lowest BCUT2D eigenvalue weighted by molar-refractivity contribution is -0.384. The molecule has 38 heavy (non-hydrogen) atoms. The normalized spacial score (nSPS) is 14.6. The van der Waals surface area contributed by atoms with Crippen molar-refractivity contribution >= 4 is 61.9 Å². The number of anilines is 2. The van der Waals surface area contributed by atoms with Crippen molar-refractivity contribution in [1.29, 1.82) is 0 Å². The number of fused-ring (bicyclic) bond motifs is 1. The number of amides is 2. The third kappa shape index (κ3) is 5.71. The van der Waals surface area contributed by atoms with E-state index < -0.39 is 11.0 Å². The second-order valence-corrected chi connectivity index (χ2v) is 10.5. The molecule has 0 saturated heterocycles. The van der Waals surface area contributed by atoms with Crippen LogP contribution in [0.3, 0.4) is 0 Å². The first-order valence-electron chi connectivity index (χ1n) is 11.7. The van der Waals surface area contributed by atoms with E-state index in [-0.39, 0.29) is 17.5 Å². The van der Waals surface area contributed by atoms with Crippen LogP contribution in [-0.4, -0.2) is 28.5 Å². The van der Waals surface area contributed by atoms with Crippen LogP contribution < -0.4 is 10.6 Å². The molecule has 0 bridgehead atoms. The van der Waals surface area contributed by atoms with Gasteiger partial charge in [0.1, 0.15) is 6.04 Å². The van der Waals surface area contributed by atoms with E-state index in [2.05, 4.69) is 26.6 Å².